The summed E-state index contributed by atoms with van der Waals surface area (Å²) in [7, 11) is 1.89. The highest BCUT2D eigenvalue weighted by Crippen LogP contribution is 2.22. The van der Waals surface area contributed by atoms with Crippen molar-refractivity contribution in [2.75, 3.05) is 13.6 Å². The maximum Gasteiger partial charge on any atom is 0.182 e. The summed E-state index contributed by atoms with van der Waals surface area (Å²) in [4.78, 5) is 1.95. The van der Waals surface area contributed by atoms with E-state index in [2.05, 4.69) is 11.8 Å². The van der Waals surface area contributed by atoms with Gasteiger partial charge in [-0.25, -0.2) is 0 Å². The number of rotatable bonds is 2. The zero-order valence-electron chi connectivity index (χ0n) is 9.47. The maximum atomic E-state index is 9.76. The largest absolute Gasteiger partial charge is 0.386 e. The molecule has 0 saturated carbocycles. The Morgan fingerprint density at radius 3 is 2.73 bits per heavy atom. The second-order valence-corrected chi connectivity index (χ2v) is 3.97. The molecule has 0 spiro atoms. The number of hydrogen-bond donors (Lipinski definition) is 2. The Labute approximate surface area is 90.8 Å². The molecule has 0 aromatic rings. The molecule has 1 aliphatic rings. The summed E-state index contributed by atoms with van der Waals surface area (Å²) in [5.41, 5.74) is 0. The predicted molar refractivity (Wildman–Crippen MR) is 57.0 cm³/mol. The van der Waals surface area contributed by atoms with Crippen LogP contribution in [0.2, 0.25) is 0 Å². The van der Waals surface area contributed by atoms with Gasteiger partial charge in [-0.15, -0.1) is 5.92 Å². The van der Waals surface area contributed by atoms with Crippen molar-refractivity contribution < 1.29 is 14.9 Å². The molecule has 1 rings (SSSR count). The van der Waals surface area contributed by atoms with E-state index in [1.807, 2.05) is 18.9 Å². The van der Waals surface area contributed by atoms with E-state index in [0.29, 0.717) is 13.0 Å². The topological polar surface area (TPSA) is 52.9 Å². The van der Waals surface area contributed by atoms with Crippen molar-refractivity contribution in [1.82, 2.24) is 4.90 Å². The molecule has 0 aliphatic carbocycles. The van der Waals surface area contributed by atoms with E-state index in [1.165, 1.54) is 0 Å². The van der Waals surface area contributed by atoms with Crippen molar-refractivity contribution in [1.29, 1.82) is 0 Å². The minimum atomic E-state index is -1.09. The molecule has 0 aromatic heterocycles. The summed E-state index contributed by atoms with van der Waals surface area (Å²) in [5.74, 6) is 5.75. The first kappa shape index (κ1) is 12.5. The fourth-order valence-electron chi connectivity index (χ4n) is 1.81. The van der Waals surface area contributed by atoms with Crippen molar-refractivity contribution in [3.8, 4) is 11.8 Å². The Balaban J connectivity index is 2.60. The highest BCUT2D eigenvalue weighted by molar-refractivity contribution is 4.99. The molecule has 0 radical (unpaired) electrons. The number of hydrogen-bond acceptors (Lipinski definition) is 4. The molecule has 1 saturated heterocycles. The first-order valence-corrected chi connectivity index (χ1v) is 5.17. The molecule has 86 valence electrons. The van der Waals surface area contributed by atoms with Gasteiger partial charge in [0.1, 0.15) is 6.10 Å². The van der Waals surface area contributed by atoms with Crippen molar-refractivity contribution in [2.45, 2.75) is 44.8 Å². The molecule has 4 heteroatoms. The highest BCUT2D eigenvalue weighted by atomic mass is 16.6. The number of likely N-dealkylation sites (N-methyl/N-ethyl adjacent to an activating group) is 1. The monoisotopic (exact) mass is 213 g/mol. The van der Waals surface area contributed by atoms with Crippen LogP contribution in [0.3, 0.4) is 0 Å². The smallest absolute Gasteiger partial charge is 0.182 e. The molecule has 1 heterocycles. The number of ether oxygens (including phenoxy) is 1. The van der Waals surface area contributed by atoms with Crippen LogP contribution in [-0.2, 0) is 4.74 Å². The third-order valence-corrected chi connectivity index (χ3v) is 2.70. The Hall–Kier alpha value is -0.600. The van der Waals surface area contributed by atoms with E-state index in [9.17, 15) is 10.2 Å². The van der Waals surface area contributed by atoms with Gasteiger partial charge in [0.2, 0.25) is 0 Å². The van der Waals surface area contributed by atoms with E-state index in [1.54, 1.807) is 6.92 Å². The standard InChI is InChI=1S/C11H19NO3/c1-4-5-6-12(3)9-7-8(2)15-11(14)10(9)13/h8-11,13-14H,6-7H2,1-3H3/t8-,9+,10-,11?/m1/s1. The summed E-state index contributed by atoms with van der Waals surface area (Å²) < 4.78 is 5.13. The number of nitrogens with zero attached hydrogens (tertiary/aromatic N) is 1. The predicted octanol–water partition coefficient (Wildman–Crippen LogP) is -0.202. The second-order valence-electron chi connectivity index (χ2n) is 3.97. The summed E-state index contributed by atoms with van der Waals surface area (Å²) in [6, 6.07) is -0.0930. The fourth-order valence-corrected chi connectivity index (χ4v) is 1.81. The number of aliphatic hydroxyl groups is 2. The van der Waals surface area contributed by atoms with Gasteiger partial charge >= 0.3 is 0 Å². The van der Waals surface area contributed by atoms with E-state index >= 15 is 0 Å². The molecule has 0 aromatic carbocycles. The van der Waals surface area contributed by atoms with Crippen molar-refractivity contribution in [2.24, 2.45) is 0 Å². The van der Waals surface area contributed by atoms with Crippen LogP contribution in [0.4, 0.5) is 0 Å². The van der Waals surface area contributed by atoms with Gasteiger partial charge in [0.05, 0.1) is 12.6 Å². The van der Waals surface area contributed by atoms with Crippen LogP contribution in [0.25, 0.3) is 0 Å². The average molecular weight is 213 g/mol. The van der Waals surface area contributed by atoms with Crippen LogP contribution in [0, 0.1) is 11.8 Å². The van der Waals surface area contributed by atoms with Gasteiger partial charge in [-0.05, 0) is 27.3 Å². The first-order valence-electron chi connectivity index (χ1n) is 5.17. The van der Waals surface area contributed by atoms with Crippen LogP contribution in [0.5, 0.6) is 0 Å². The zero-order valence-corrected chi connectivity index (χ0v) is 9.47. The molecular weight excluding hydrogens is 194 g/mol. The summed E-state index contributed by atoms with van der Waals surface area (Å²) in [5, 5.41) is 19.2. The lowest BCUT2D eigenvalue weighted by molar-refractivity contribution is -0.230. The van der Waals surface area contributed by atoms with Gasteiger partial charge < -0.3 is 14.9 Å². The van der Waals surface area contributed by atoms with E-state index < -0.39 is 12.4 Å². The van der Waals surface area contributed by atoms with Gasteiger partial charge in [-0.3, -0.25) is 4.90 Å². The summed E-state index contributed by atoms with van der Waals surface area (Å²) >= 11 is 0. The molecular formula is C11H19NO3. The molecule has 1 fully saturated rings. The minimum absolute atomic E-state index is 0.0366. The van der Waals surface area contributed by atoms with E-state index in [-0.39, 0.29) is 12.1 Å². The second kappa shape index (κ2) is 5.47. The molecule has 1 unspecified atom stereocenters. The Kier molecular flexibility index (Phi) is 4.55. The van der Waals surface area contributed by atoms with Gasteiger partial charge in [0, 0.05) is 6.04 Å². The van der Waals surface area contributed by atoms with Gasteiger partial charge in [0.15, 0.2) is 6.29 Å². The quantitative estimate of drug-likeness (QED) is 0.624. The van der Waals surface area contributed by atoms with Crippen molar-refractivity contribution in [3.63, 3.8) is 0 Å². The maximum absolute atomic E-state index is 9.76. The van der Waals surface area contributed by atoms with Crippen LogP contribution >= 0.6 is 0 Å². The minimum Gasteiger partial charge on any atom is -0.386 e. The molecule has 1 aliphatic heterocycles. The lowest BCUT2D eigenvalue weighted by Gasteiger charge is -2.39. The number of aliphatic hydroxyl groups excluding tert-OH is 2. The highest BCUT2D eigenvalue weighted by Gasteiger charge is 2.36. The van der Waals surface area contributed by atoms with Gasteiger partial charge in [-0.1, -0.05) is 5.92 Å². The summed E-state index contributed by atoms with van der Waals surface area (Å²) in [6.45, 7) is 4.27. The van der Waals surface area contributed by atoms with Crippen LogP contribution in [-0.4, -0.2) is 53.2 Å². The Morgan fingerprint density at radius 2 is 2.13 bits per heavy atom. The summed E-state index contributed by atoms with van der Waals surface area (Å²) in [6.07, 6.45) is -1.27. The molecule has 4 nitrogen and oxygen atoms in total. The van der Waals surface area contributed by atoms with Gasteiger partial charge in [-0.2, -0.15) is 0 Å². The van der Waals surface area contributed by atoms with Crippen LogP contribution in [0.15, 0.2) is 0 Å². The third kappa shape index (κ3) is 3.18. The molecule has 15 heavy (non-hydrogen) atoms. The molecule has 0 bridgehead atoms. The third-order valence-electron chi connectivity index (χ3n) is 2.70. The normalized spacial score (nSPS) is 36.1. The molecule has 2 N–H and O–H groups in total. The van der Waals surface area contributed by atoms with E-state index in [0.717, 1.165) is 0 Å². The van der Waals surface area contributed by atoms with E-state index in [4.69, 9.17) is 4.74 Å². The lowest BCUT2D eigenvalue weighted by Crippen LogP contribution is -2.54. The molecule has 0 amide bonds. The van der Waals surface area contributed by atoms with Gasteiger partial charge in [0.25, 0.3) is 0 Å². The Morgan fingerprint density at radius 1 is 1.47 bits per heavy atom. The van der Waals surface area contributed by atoms with Crippen molar-refractivity contribution in [3.05, 3.63) is 0 Å². The van der Waals surface area contributed by atoms with Crippen LogP contribution < -0.4 is 0 Å². The van der Waals surface area contributed by atoms with Crippen LogP contribution in [0.1, 0.15) is 20.3 Å². The fraction of sp³-hybridized carbons (Fsp3) is 0.818. The first-order chi connectivity index (χ1) is 7.06. The SMILES string of the molecule is CC#CCN(C)[C@H]1C[C@@H](C)OC(O)[C@@H]1O. The Bertz CT molecular complexity index is 258. The molecule has 4 atom stereocenters. The lowest BCUT2D eigenvalue weighted by atomic mass is 9.99. The average Bonchev–Trinajstić information content (AvgIpc) is 2.19. The zero-order chi connectivity index (χ0) is 11.4. The van der Waals surface area contributed by atoms with Crippen molar-refractivity contribution >= 4 is 0 Å².